The van der Waals surface area contributed by atoms with Crippen LogP contribution in [0, 0.1) is 0 Å². The number of hydrogen-bond acceptors (Lipinski definition) is 5. The van der Waals surface area contributed by atoms with Gasteiger partial charge >= 0.3 is 0 Å². The van der Waals surface area contributed by atoms with Gasteiger partial charge in [0, 0.05) is 32.0 Å². The summed E-state index contributed by atoms with van der Waals surface area (Å²) < 4.78 is 22.3. The van der Waals surface area contributed by atoms with Crippen LogP contribution in [-0.4, -0.2) is 56.6 Å². The van der Waals surface area contributed by atoms with E-state index >= 15 is 0 Å². The molecular weight excluding hydrogens is 298 g/mol. The van der Waals surface area contributed by atoms with E-state index in [1.807, 2.05) is 23.1 Å². The summed E-state index contributed by atoms with van der Waals surface area (Å²) in [7, 11) is 1.60. The molecule has 0 aliphatic carbocycles. The summed E-state index contributed by atoms with van der Waals surface area (Å²) >= 11 is 0. The second-order valence-corrected chi connectivity index (χ2v) is 5.81. The van der Waals surface area contributed by atoms with E-state index in [1.165, 1.54) is 0 Å². The molecule has 23 heavy (non-hydrogen) atoms. The van der Waals surface area contributed by atoms with Gasteiger partial charge in [0.15, 0.2) is 12.4 Å². The molecule has 6 nitrogen and oxygen atoms in total. The van der Waals surface area contributed by atoms with E-state index < -0.39 is 5.79 Å². The lowest BCUT2D eigenvalue weighted by molar-refractivity contribution is -0.282. The van der Waals surface area contributed by atoms with Gasteiger partial charge in [-0.1, -0.05) is 6.07 Å². The average Bonchev–Trinajstić information content (AvgIpc) is 2.61. The Hall–Kier alpha value is -1.79. The zero-order valence-electron chi connectivity index (χ0n) is 13.5. The number of benzene rings is 1. The number of methoxy groups -OCH3 is 1. The van der Waals surface area contributed by atoms with Gasteiger partial charge in [0.25, 0.3) is 5.91 Å². The van der Waals surface area contributed by atoms with E-state index in [4.69, 9.17) is 18.9 Å². The van der Waals surface area contributed by atoms with Crippen LogP contribution in [0.3, 0.4) is 0 Å². The Morgan fingerprint density at radius 2 is 1.91 bits per heavy atom. The number of carbonyl (C=O) groups excluding carboxylic acids is 1. The monoisotopic (exact) mass is 321 g/mol. The summed E-state index contributed by atoms with van der Waals surface area (Å²) in [5.74, 6) is 0.855. The molecule has 0 aromatic heterocycles. The summed E-state index contributed by atoms with van der Waals surface area (Å²) in [5, 5.41) is 0. The van der Waals surface area contributed by atoms with Gasteiger partial charge in [-0.15, -0.1) is 0 Å². The Morgan fingerprint density at radius 1 is 1.22 bits per heavy atom. The molecular formula is C17H23NO5. The van der Waals surface area contributed by atoms with Crippen LogP contribution >= 0.6 is 0 Å². The second-order valence-electron chi connectivity index (χ2n) is 5.81. The number of carbonyl (C=O) groups is 1. The molecule has 0 unspecified atom stereocenters. The fraction of sp³-hybridized carbons (Fsp3) is 0.588. The van der Waals surface area contributed by atoms with E-state index in [2.05, 4.69) is 0 Å². The lowest BCUT2D eigenvalue weighted by Crippen LogP contribution is -2.52. The lowest BCUT2D eigenvalue weighted by atomic mass is 10.0. The molecule has 1 aromatic carbocycles. The first kappa shape index (κ1) is 16.1. The van der Waals surface area contributed by atoms with E-state index in [1.54, 1.807) is 13.2 Å². The molecule has 2 aliphatic rings. The highest BCUT2D eigenvalue weighted by atomic mass is 16.7. The third-order valence-electron chi connectivity index (χ3n) is 4.30. The Bertz CT molecular complexity index is 532. The van der Waals surface area contributed by atoms with Crippen molar-refractivity contribution in [1.29, 1.82) is 0 Å². The maximum Gasteiger partial charge on any atom is 0.260 e. The van der Waals surface area contributed by atoms with Crippen LogP contribution in [0.15, 0.2) is 24.3 Å². The number of piperidine rings is 1. The molecule has 2 fully saturated rings. The van der Waals surface area contributed by atoms with Gasteiger partial charge < -0.3 is 23.8 Å². The Kier molecular flexibility index (Phi) is 5.03. The zero-order valence-corrected chi connectivity index (χ0v) is 13.5. The molecule has 3 rings (SSSR count). The predicted octanol–water partition coefficient (Wildman–Crippen LogP) is 1.83. The number of likely N-dealkylation sites (tertiary alicyclic amines) is 1. The van der Waals surface area contributed by atoms with E-state index in [0.29, 0.717) is 24.6 Å². The largest absolute Gasteiger partial charge is 0.497 e. The van der Waals surface area contributed by atoms with E-state index in [-0.39, 0.29) is 12.5 Å². The molecule has 2 aliphatic heterocycles. The molecule has 1 spiro atoms. The summed E-state index contributed by atoms with van der Waals surface area (Å²) in [6, 6.07) is 7.25. The molecule has 1 aromatic rings. The van der Waals surface area contributed by atoms with Crippen LogP contribution in [-0.2, 0) is 14.3 Å². The maximum absolute atomic E-state index is 12.3. The third-order valence-corrected chi connectivity index (χ3v) is 4.30. The number of nitrogens with zero attached hydrogens (tertiary/aromatic N) is 1. The highest BCUT2D eigenvalue weighted by Crippen LogP contribution is 2.30. The standard InChI is InChI=1S/C17H23NO5/c1-20-14-4-2-5-15(12-14)21-13-16(19)18-8-6-17(7-9-18)22-10-3-11-23-17/h2,4-5,12H,3,6-11,13H2,1H3. The van der Waals surface area contributed by atoms with Crippen LogP contribution in [0.2, 0.25) is 0 Å². The summed E-state index contributed by atoms with van der Waals surface area (Å²) in [4.78, 5) is 14.1. The number of ether oxygens (including phenoxy) is 4. The smallest absolute Gasteiger partial charge is 0.260 e. The minimum absolute atomic E-state index is 0.0153. The van der Waals surface area contributed by atoms with Gasteiger partial charge in [-0.25, -0.2) is 0 Å². The van der Waals surface area contributed by atoms with Gasteiger partial charge in [-0.2, -0.15) is 0 Å². The molecule has 0 saturated carbocycles. The lowest BCUT2D eigenvalue weighted by Gasteiger charge is -2.43. The van der Waals surface area contributed by atoms with Gasteiger partial charge in [-0.05, 0) is 18.6 Å². The van der Waals surface area contributed by atoms with Gasteiger partial charge in [0.1, 0.15) is 11.5 Å². The molecule has 0 N–H and O–H groups in total. The van der Waals surface area contributed by atoms with Crippen molar-refractivity contribution >= 4 is 5.91 Å². The van der Waals surface area contributed by atoms with Crippen LogP contribution in [0.5, 0.6) is 11.5 Å². The molecule has 0 atom stereocenters. The minimum atomic E-state index is -0.470. The van der Waals surface area contributed by atoms with Gasteiger partial charge in [-0.3, -0.25) is 4.79 Å². The van der Waals surface area contributed by atoms with Gasteiger partial charge in [0.05, 0.1) is 20.3 Å². The highest BCUT2D eigenvalue weighted by molar-refractivity contribution is 5.77. The predicted molar refractivity (Wildman–Crippen MR) is 83.6 cm³/mol. The topological polar surface area (TPSA) is 57.2 Å². The van der Waals surface area contributed by atoms with Crippen LogP contribution in [0.4, 0.5) is 0 Å². The number of rotatable bonds is 4. The number of hydrogen-bond donors (Lipinski definition) is 0. The molecule has 1 amide bonds. The van der Waals surface area contributed by atoms with Crippen molar-refractivity contribution in [2.75, 3.05) is 40.0 Å². The molecule has 126 valence electrons. The third kappa shape index (κ3) is 3.95. The molecule has 0 radical (unpaired) electrons. The molecule has 2 heterocycles. The number of amides is 1. The van der Waals surface area contributed by atoms with Gasteiger partial charge in [0.2, 0.25) is 0 Å². The first-order valence-corrected chi connectivity index (χ1v) is 8.03. The fourth-order valence-electron chi connectivity index (χ4n) is 2.93. The molecule has 2 saturated heterocycles. The Labute approximate surface area is 136 Å². The van der Waals surface area contributed by atoms with Crippen LogP contribution in [0.1, 0.15) is 19.3 Å². The van der Waals surface area contributed by atoms with Crippen molar-refractivity contribution in [3.8, 4) is 11.5 Å². The van der Waals surface area contributed by atoms with Crippen molar-refractivity contribution in [3.63, 3.8) is 0 Å². The Balaban J connectivity index is 1.47. The van der Waals surface area contributed by atoms with Crippen molar-refractivity contribution in [2.24, 2.45) is 0 Å². The molecule has 0 bridgehead atoms. The first-order chi connectivity index (χ1) is 11.2. The quantitative estimate of drug-likeness (QED) is 0.847. The highest BCUT2D eigenvalue weighted by Gasteiger charge is 2.39. The van der Waals surface area contributed by atoms with Crippen molar-refractivity contribution in [3.05, 3.63) is 24.3 Å². The average molecular weight is 321 g/mol. The second kappa shape index (κ2) is 7.19. The SMILES string of the molecule is COc1cccc(OCC(=O)N2CCC3(CC2)OCCCO3)c1. The van der Waals surface area contributed by atoms with Crippen LogP contribution < -0.4 is 9.47 Å². The summed E-state index contributed by atoms with van der Waals surface area (Å²) in [6.45, 7) is 2.79. The fourth-order valence-corrected chi connectivity index (χ4v) is 2.93. The maximum atomic E-state index is 12.3. The minimum Gasteiger partial charge on any atom is -0.497 e. The van der Waals surface area contributed by atoms with Crippen molar-refractivity contribution in [1.82, 2.24) is 4.90 Å². The van der Waals surface area contributed by atoms with Crippen molar-refractivity contribution < 1.29 is 23.7 Å². The Morgan fingerprint density at radius 3 is 2.61 bits per heavy atom. The van der Waals surface area contributed by atoms with E-state index in [9.17, 15) is 4.79 Å². The van der Waals surface area contributed by atoms with E-state index in [0.717, 1.165) is 32.5 Å². The first-order valence-electron chi connectivity index (χ1n) is 8.03. The van der Waals surface area contributed by atoms with Crippen molar-refractivity contribution in [2.45, 2.75) is 25.0 Å². The summed E-state index contributed by atoms with van der Waals surface area (Å²) in [6.07, 6.45) is 2.38. The zero-order chi connectivity index (χ0) is 16.1. The van der Waals surface area contributed by atoms with Crippen LogP contribution in [0.25, 0.3) is 0 Å². The normalized spacial score (nSPS) is 20.3. The molecule has 6 heteroatoms. The summed E-state index contributed by atoms with van der Waals surface area (Å²) in [5.41, 5.74) is 0.